The number of ether oxygens (including phenoxy) is 2. The van der Waals surface area contributed by atoms with Gasteiger partial charge in [-0.2, -0.15) is 0 Å². The largest absolute Gasteiger partial charge is 0.493 e. The minimum absolute atomic E-state index is 0.0673. The van der Waals surface area contributed by atoms with E-state index in [2.05, 4.69) is 16.0 Å². The van der Waals surface area contributed by atoms with Gasteiger partial charge in [0.25, 0.3) is 0 Å². The molecule has 7 heteroatoms. The van der Waals surface area contributed by atoms with Gasteiger partial charge in [-0.15, -0.1) is 0 Å². The maximum absolute atomic E-state index is 12.2. The lowest BCUT2D eigenvalue weighted by Crippen LogP contribution is -2.29. The normalized spacial score (nSPS) is 10.8. The zero-order valence-electron chi connectivity index (χ0n) is 17.6. The Bertz CT molecular complexity index is 859. The zero-order valence-corrected chi connectivity index (χ0v) is 17.6. The van der Waals surface area contributed by atoms with E-state index in [1.165, 1.54) is 0 Å². The Morgan fingerprint density at radius 1 is 0.931 bits per heavy atom. The third kappa shape index (κ3) is 6.71. The molecule has 3 N–H and O–H groups in total. The van der Waals surface area contributed by atoms with E-state index >= 15 is 0 Å². The first-order valence-electron chi connectivity index (χ1n) is 9.36. The summed E-state index contributed by atoms with van der Waals surface area (Å²) in [7, 11) is 3.15. The molecule has 0 aliphatic rings. The second-order valence-electron chi connectivity index (χ2n) is 7.60. The molecule has 2 aromatic carbocycles. The molecule has 156 valence electrons. The van der Waals surface area contributed by atoms with Gasteiger partial charge in [-0.05, 0) is 35.9 Å². The van der Waals surface area contributed by atoms with Gasteiger partial charge in [0.05, 0.1) is 20.8 Å². The summed E-state index contributed by atoms with van der Waals surface area (Å²) in [6.45, 7) is 6.06. The molecule has 0 aromatic heterocycles. The summed E-state index contributed by atoms with van der Waals surface area (Å²) in [5.74, 6) is 1.04. The molecule has 0 atom stereocenters. The number of hydrogen-bond donors (Lipinski definition) is 3. The topological polar surface area (TPSA) is 88.7 Å². The first-order chi connectivity index (χ1) is 13.7. The second kappa shape index (κ2) is 9.82. The highest BCUT2D eigenvalue weighted by molar-refractivity contribution is 5.95. The van der Waals surface area contributed by atoms with E-state index in [0.29, 0.717) is 23.7 Å². The quantitative estimate of drug-likeness (QED) is 0.633. The first kappa shape index (κ1) is 22.1. The maximum atomic E-state index is 12.2. The third-order valence-electron chi connectivity index (χ3n) is 4.19. The van der Waals surface area contributed by atoms with Gasteiger partial charge in [0.15, 0.2) is 11.5 Å². The molecule has 0 bridgehead atoms. The molecule has 0 fully saturated rings. The van der Waals surface area contributed by atoms with Crippen molar-refractivity contribution in [2.75, 3.05) is 31.4 Å². The zero-order chi connectivity index (χ0) is 21.4. The van der Waals surface area contributed by atoms with Crippen LogP contribution >= 0.6 is 0 Å². The van der Waals surface area contributed by atoms with Crippen molar-refractivity contribution in [1.29, 1.82) is 0 Å². The van der Waals surface area contributed by atoms with Crippen LogP contribution in [-0.4, -0.2) is 32.6 Å². The van der Waals surface area contributed by atoms with Crippen LogP contribution in [0, 0.1) is 5.41 Å². The van der Waals surface area contributed by atoms with Crippen LogP contribution in [0.15, 0.2) is 42.5 Å². The predicted octanol–water partition coefficient (Wildman–Crippen LogP) is 3.42. The Kier molecular flexibility index (Phi) is 7.47. The Hall–Kier alpha value is -3.22. The molecule has 0 aliphatic carbocycles. The molecule has 2 aromatic rings. The monoisotopic (exact) mass is 399 g/mol. The summed E-state index contributed by atoms with van der Waals surface area (Å²) in [4.78, 5) is 24.3. The average molecular weight is 399 g/mol. The highest BCUT2D eigenvalue weighted by Gasteiger charge is 2.21. The van der Waals surface area contributed by atoms with Crippen molar-refractivity contribution in [3.05, 3.63) is 48.0 Å². The lowest BCUT2D eigenvalue weighted by Gasteiger charge is -2.18. The van der Waals surface area contributed by atoms with Crippen LogP contribution in [0.4, 0.5) is 11.4 Å². The van der Waals surface area contributed by atoms with Crippen molar-refractivity contribution in [2.45, 2.75) is 27.3 Å². The van der Waals surface area contributed by atoms with Crippen LogP contribution in [0.3, 0.4) is 0 Å². The molecular weight excluding hydrogens is 370 g/mol. The fraction of sp³-hybridized carbons (Fsp3) is 0.364. The molecule has 7 nitrogen and oxygen atoms in total. The van der Waals surface area contributed by atoms with Crippen molar-refractivity contribution in [1.82, 2.24) is 5.32 Å². The number of rotatable bonds is 8. The summed E-state index contributed by atoms with van der Waals surface area (Å²) in [6.07, 6.45) is 0. The number of amides is 2. The van der Waals surface area contributed by atoms with E-state index in [0.717, 1.165) is 11.3 Å². The average Bonchev–Trinajstić information content (AvgIpc) is 2.70. The number of benzene rings is 2. The van der Waals surface area contributed by atoms with Crippen LogP contribution < -0.4 is 25.4 Å². The van der Waals surface area contributed by atoms with E-state index in [4.69, 9.17) is 9.47 Å². The fourth-order valence-corrected chi connectivity index (χ4v) is 2.46. The number of carbonyl (C=O) groups is 2. The van der Waals surface area contributed by atoms with E-state index in [-0.39, 0.29) is 18.4 Å². The highest BCUT2D eigenvalue weighted by Crippen LogP contribution is 2.27. The van der Waals surface area contributed by atoms with Crippen LogP contribution in [0.1, 0.15) is 26.3 Å². The standard InChI is InChI=1S/C22H29N3O4/c1-22(2,3)21(27)25-17-8-6-7-16(12-17)23-14-20(26)24-13-15-9-10-18(28-4)19(11-15)29-5/h6-12,23H,13-14H2,1-5H3,(H,24,26)(H,25,27). The Morgan fingerprint density at radius 3 is 2.28 bits per heavy atom. The second-order valence-corrected chi connectivity index (χ2v) is 7.60. The van der Waals surface area contributed by atoms with Crippen molar-refractivity contribution >= 4 is 23.2 Å². The van der Waals surface area contributed by atoms with Crippen molar-refractivity contribution < 1.29 is 19.1 Å². The molecular formula is C22H29N3O4. The van der Waals surface area contributed by atoms with Crippen LogP contribution in [0.5, 0.6) is 11.5 Å². The van der Waals surface area contributed by atoms with E-state index < -0.39 is 5.41 Å². The van der Waals surface area contributed by atoms with Crippen molar-refractivity contribution in [3.8, 4) is 11.5 Å². The van der Waals surface area contributed by atoms with Crippen LogP contribution in [0.25, 0.3) is 0 Å². The van der Waals surface area contributed by atoms with E-state index in [9.17, 15) is 9.59 Å². The molecule has 0 saturated heterocycles. The number of methoxy groups -OCH3 is 2. The smallest absolute Gasteiger partial charge is 0.239 e. The predicted molar refractivity (Wildman–Crippen MR) is 114 cm³/mol. The number of nitrogens with one attached hydrogen (secondary N) is 3. The molecule has 2 rings (SSSR count). The highest BCUT2D eigenvalue weighted by atomic mass is 16.5. The lowest BCUT2D eigenvalue weighted by molar-refractivity contribution is -0.123. The third-order valence-corrected chi connectivity index (χ3v) is 4.19. The number of carbonyl (C=O) groups excluding carboxylic acids is 2. The van der Waals surface area contributed by atoms with Crippen LogP contribution in [-0.2, 0) is 16.1 Å². The van der Waals surface area contributed by atoms with Gasteiger partial charge in [0, 0.05) is 23.3 Å². The number of anilines is 2. The summed E-state index contributed by atoms with van der Waals surface area (Å²) >= 11 is 0. The molecule has 0 aliphatic heterocycles. The maximum Gasteiger partial charge on any atom is 0.239 e. The van der Waals surface area contributed by atoms with Gasteiger partial charge >= 0.3 is 0 Å². The minimum atomic E-state index is -0.479. The van der Waals surface area contributed by atoms with Crippen molar-refractivity contribution in [2.24, 2.45) is 5.41 Å². The fourth-order valence-electron chi connectivity index (χ4n) is 2.46. The van der Waals surface area contributed by atoms with Gasteiger partial charge in [0.2, 0.25) is 11.8 Å². The van der Waals surface area contributed by atoms with Gasteiger partial charge in [-0.3, -0.25) is 9.59 Å². The minimum Gasteiger partial charge on any atom is -0.493 e. The van der Waals surface area contributed by atoms with Gasteiger partial charge in [0.1, 0.15) is 0 Å². The van der Waals surface area contributed by atoms with E-state index in [1.807, 2.05) is 51.1 Å². The first-order valence-corrected chi connectivity index (χ1v) is 9.36. The van der Waals surface area contributed by atoms with Gasteiger partial charge < -0.3 is 25.4 Å². The molecule has 2 amide bonds. The molecule has 0 radical (unpaired) electrons. The van der Waals surface area contributed by atoms with Crippen LogP contribution in [0.2, 0.25) is 0 Å². The molecule has 0 saturated carbocycles. The molecule has 0 heterocycles. The van der Waals surface area contributed by atoms with Gasteiger partial charge in [-0.25, -0.2) is 0 Å². The summed E-state index contributed by atoms with van der Waals surface area (Å²) in [5.41, 5.74) is 1.86. The number of hydrogen-bond acceptors (Lipinski definition) is 5. The lowest BCUT2D eigenvalue weighted by atomic mass is 9.95. The summed E-state index contributed by atoms with van der Waals surface area (Å²) < 4.78 is 10.5. The SMILES string of the molecule is COc1ccc(CNC(=O)CNc2cccc(NC(=O)C(C)(C)C)c2)cc1OC. The molecule has 29 heavy (non-hydrogen) atoms. The summed E-state index contributed by atoms with van der Waals surface area (Å²) in [6, 6.07) is 12.8. The Balaban J connectivity index is 1.86. The Labute approximate surface area is 171 Å². The Morgan fingerprint density at radius 2 is 1.62 bits per heavy atom. The van der Waals surface area contributed by atoms with E-state index in [1.54, 1.807) is 26.4 Å². The van der Waals surface area contributed by atoms with Gasteiger partial charge in [-0.1, -0.05) is 32.9 Å². The molecule has 0 spiro atoms. The van der Waals surface area contributed by atoms with Crippen molar-refractivity contribution in [3.63, 3.8) is 0 Å². The molecule has 0 unspecified atom stereocenters. The summed E-state index contributed by atoms with van der Waals surface area (Å²) in [5, 5.41) is 8.80.